The lowest BCUT2D eigenvalue weighted by molar-refractivity contribution is -0.146. The Bertz CT molecular complexity index is 438. The highest BCUT2D eigenvalue weighted by Crippen LogP contribution is 2.15. The minimum Gasteiger partial charge on any atom is -0.479 e. The number of hydrogen-bond acceptors (Lipinski definition) is 4. The predicted molar refractivity (Wildman–Crippen MR) is 74.3 cm³/mol. The molecule has 7 heteroatoms. The van der Waals surface area contributed by atoms with Gasteiger partial charge in [-0.2, -0.15) is 0 Å². The second-order valence-corrected chi connectivity index (χ2v) is 5.20. The number of halogens is 1. The van der Waals surface area contributed by atoms with Gasteiger partial charge in [0.25, 0.3) is 0 Å². The van der Waals surface area contributed by atoms with Crippen LogP contribution >= 0.6 is 23.4 Å². The van der Waals surface area contributed by atoms with Gasteiger partial charge in [0.2, 0.25) is 5.91 Å². The third kappa shape index (κ3) is 6.47. The number of thioether (sulfide) groups is 1. The highest BCUT2D eigenvalue weighted by atomic mass is 35.5. The van der Waals surface area contributed by atoms with Crippen molar-refractivity contribution in [3.05, 3.63) is 34.9 Å². The van der Waals surface area contributed by atoms with Crippen molar-refractivity contribution in [2.45, 2.75) is 11.9 Å². The minimum absolute atomic E-state index is 0.203. The SMILES string of the molecule is O=C(CSCc1ccc(Cl)cc1)NC[C@H](O)C(=O)O. The molecule has 0 radical (unpaired) electrons. The standard InChI is InChI=1S/C12H14ClNO4S/c13-9-3-1-8(2-4-9)6-19-7-11(16)14-5-10(15)12(17)18/h1-4,10,15H,5-7H2,(H,14,16)(H,17,18)/t10-/m0/s1. The smallest absolute Gasteiger partial charge is 0.334 e. The highest BCUT2D eigenvalue weighted by Gasteiger charge is 2.13. The summed E-state index contributed by atoms with van der Waals surface area (Å²) in [6.07, 6.45) is -1.56. The number of carbonyl (C=O) groups is 2. The van der Waals surface area contributed by atoms with Crippen molar-refractivity contribution in [2.24, 2.45) is 0 Å². The number of aliphatic hydroxyl groups is 1. The van der Waals surface area contributed by atoms with Gasteiger partial charge in [-0.3, -0.25) is 4.79 Å². The summed E-state index contributed by atoms with van der Waals surface area (Å²) >= 11 is 7.15. The van der Waals surface area contributed by atoms with Gasteiger partial charge in [-0.25, -0.2) is 4.79 Å². The number of aliphatic carboxylic acids is 1. The Morgan fingerprint density at radius 2 is 1.95 bits per heavy atom. The van der Waals surface area contributed by atoms with Gasteiger partial charge in [0.15, 0.2) is 6.10 Å². The van der Waals surface area contributed by atoms with E-state index in [0.29, 0.717) is 10.8 Å². The second-order valence-electron chi connectivity index (χ2n) is 3.78. The fraction of sp³-hybridized carbons (Fsp3) is 0.333. The Kier molecular flexibility index (Phi) is 6.69. The van der Waals surface area contributed by atoms with Crippen molar-refractivity contribution < 1.29 is 19.8 Å². The van der Waals surface area contributed by atoms with Crippen LogP contribution in [-0.2, 0) is 15.3 Å². The number of carboxylic acid groups (broad SMARTS) is 1. The van der Waals surface area contributed by atoms with Crippen molar-refractivity contribution in [1.82, 2.24) is 5.32 Å². The molecule has 0 bridgehead atoms. The summed E-state index contributed by atoms with van der Waals surface area (Å²) in [5, 5.41) is 20.4. The lowest BCUT2D eigenvalue weighted by Crippen LogP contribution is -2.37. The summed E-state index contributed by atoms with van der Waals surface area (Å²) in [7, 11) is 0. The predicted octanol–water partition coefficient (Wildman–Crippen LogP) is 1.13. The molecule has 0 aliphatic carbocycles. The van der Waals surface area contributed by atoms with Crippen molar-refractivity contribution in [3.8, 4) is 0 Å². The summed E-state index contributed by atoms with van der Waals surface area (Å²) in [6, 6.07) is 7.31. The molecule has 1 rings (SSSR count). The maximum atomic E-state index is 11.4. The average Bonchev–Trinajstić information content (AvgIpc) is 2.38. The molecule has 19 heavy (non-hydrogen) atoms. The summed E-state index contributed by atoms with van der Waals surface area (Å²) in [5.41, 5.74) is 1.05. The van der Waals surface area contributed by atoms with Crippen LogP contribution in [0.15, 0.2) is 24.3 Å². The fourth-order valence-electron chi connectivity index (χ4n) is 1.19. The molecule has 3 N–H and O–H groups in total. The van der Waals surface area contributed by atoms with Gasteiger partial charge in [-0.05, 0) is 17.7 Å². The third-order valence-corrected chi connectivity index (χ3v) is 3.45. The summed E-state index contributed by atoms with van der Waals surface area (Å²) in [6.45, 7) is -0.282. The molecular formula is C12H14ClNO4S. The molecule has 104 valence electrons. The first-order valence-electron chi connectivity index (χ1n) is 5.49. The van der Waals surface area contributed by atoms with Crippen LogP contribution in [0, 0.1) is 0 Å². The summed E-state index contributed by atoms with van der Waals surface area (Å²) in [4.78, 5) is 21.7. The Balaban J connectivity index is 2.20. The molecule has 1 atom stereocenters. The lowest BCUT2D eigenvalue weighted by Gasteiger charge is -2.07. The van der Waals surface area contributed by atoms with Crippen LogP contribution in [0.3, 0.4) is 0 Å². The molecule has 0 unspecified atom stereocenters. The number of benzene rings is 1. The van der Waals surface area contributed by atoms with E-state index in [1.54, 1.807) is 12.1 Å². The maximum absolute atomic E-state index is 11.4. The highest BCUT2D eigenvalue weighted by molar-refractivity contribution is 7.99. The van der Waals surface area contributed by atoms with Crippen molar-refractivity contribution >= 4 is 35.2 Å². The third-order valence-electron chi connectivity index (χ3n) is 2.19. The molecular weight excluding hydrogens is 290 g/mol. The second kappa shape index (κ2) is 8.04. The molecule has 1 aromatic carbocycles. The van der Waals surface area contributed by atoms with E-state index in [1.165, 1.54) is 11.8 Å². The van der Waals surface area contributed by atoms with E-state index in [-0.39, 0.29) is 18.2 Å². The van der Waals surface area contributed by atoms with Gasteiger partial charge in [0, 0.05) is 10.8 Å². The quantitative estimate of drug-likeness (QED) is 0.703. The Morgan fingerprint density at radius 1 is 1.32 bits per heavy atom. The number of rotatable bonds is 7. The van der Waals surface area contributed by atoms with Crippen molar-refractivity contribution in [2.75, 3.05) is 12.3 Å². The lowest BCUT2D eigenvalue weighted by atomic mass is 10.2. The molecule has 5 nitrogen and oxygen atoms in total. The monoisotopic (exact) mass is 303 g/mol. The van der Waals surface area contributed by atoms with E-state index in [4.69, 9.17) is 21.8 Å². The maximum Gasteiger partial charge on any atom is 0.334 e. The molecule has 0 aliphatic rings. The first-order chi connectivity index (χ1) is 8.99. The summed E-state index contributed by atoms with van der Waals surface area (Å²) < 4.78 is 0. The van der Waals surface area contributed by atoms with Crippen LogP contribution in [0.2, 0.25) is 5.02 Å². The van der Waals surface area contributed by atoms with Crippen LogP contribution in [0.1, 0.15) is 5.56 Å². The Morgan fingerprint density at radius 3 is 2.53 bits per heavy atom. The zero-order valence-electron chi connectivity index (χ0n) is 10.0. The topological polar surface area (TPSA) is 86.6 Å². The number of amides is 1. The fourth-order valence-corrected chi connectivity index (χ4v) is 2.13. The van der Waals surface area contributed by atoms with Crippen molar-refractivity contribution in [1.29, 1.82) is 0 Å². The number of carbonyl (C=O) groups excluding carboxylic acids is 1. The number of hydrogen-bond donors (Lipinski definition) is 3. The number of carboxylic acids is 1. The zero-order chi connectivity index (χ0) is 14.3. The first-order valence-corrected chi connectivity index (χ1v) is 7.02. The van der Waals surface area contributed by atoms with Crippen LogP contribution < -0.4 is 5.32 Å². The average molecular weight is 304 g/mol. The van der Waals surface area contributed by atoms with E-state index < -0.39 is 12.1 Å². The molecule has 1 amide bonds. The van der Waals surface area contributed by atoms with Crippen LogP contribution in [-0.4, -0.2) is 40.5 Å². The van der Waals surface area contributed by atoms with Crippen LogP contribution in [0.25, 0.3) is 0 Å². The van der Waals surface area contributed by atoms with E-state index in [9.17, 15) is 9.59 Å². The van der Waals surface area contributed by atoms with Crippen LogP contribution in [0.5, 0.6) is 0 Å². The van der Waals surface area contributed by atoms with E-state index in [2.05, 4.69) is 5.32 Å². The minimum atomic E-state index is -1.56. The molecule has 0 spiro atoms. The van der Waals surface area contributed by atoms with Gasteiger partial charge >= 0.3 is 5.97 Å². The molecule has 1 aromatic rings. The van der Waals surface area contributed by atoms with E-state index in [0.717, 1.165) is 5.56 Å². The normalized spacial score (nSPS) is 11.9. The van der Waals surface area contributed by atoms with Gasteiger partial charge in [0.1, 0.15) is 0 Å². The Hall–Kier alpha value is -1.24. The van der Waals surface area contributed by atoms with Crippen LogP contribution in [0.4, 0.5) is 0 Å². The number of aliphatic hydroxyl groups excluding tert-OH is 1. The zero-order valence-corrected chi connectivity index (χ0v) is 11.6. The number of nitrogens with one attached hydrogen (secondary N) is 1. The molecule has 0 aromatic heterocycles. The first kappa shape index (κ1) is 15.8. The summed E-state index contributed by atoms with van der Waals surface area (Å²) in [5.74, 6) is -0.797. The van der Waals surface area contributed by atoms with Gasteiger partial charge in [-0.1, -0.05) is 23.7 Å². The van der Waals surface area contributed by atoms with Gasteiger partial charge in [0.05, 0.1) is 12.3 Å². The molecule has 0 heterocycles. The van der Waals surface area contributed by atoms with E-state index in [1.807, 2.05) is 12.1 Å². The van der Waals surface area contributed by atoms with Crippen molar-refractivity contribution in [3.63, 3.8) is 0 Å². The largest absolute Gasteiger partial charge is 0.479 e. The molecule has 0 fully saturated rings. The van der Waals surface area contributed by atoms with E-state index >= 15 is 0 Å². The van der Waals surface area contributed by atoms with Gasteiger partial charge < -0.3 is 15.5 Å². The molecule has 0 saturated carbocycles. The molecule has 0 aliphatic heterocycles. The Labute approximate surface area is 120 Å². The molecule has 0 saturated heterocycles. The van der Waals surface area contributed by atoms with Gasteiger partial charge in [-0.15, -0.1) is 11.8 Å².